The van der Waals surface area contributed by atoms with Crippen LogP contribution < -0.4 is 15.0 Å². The third-order valence-electron chi connectivity index (χ3n) is 4.72. The Hall–Kier alpha value is -3.43. The van der Waals surface area contributed by atoms with Gasteiger partial charge in [0, 0.05) is 25.5 Å². The lowest BCUT2D eigenvalue weighted by molar-refractivity contribution is -0.149. The normalized spacial score (nSPS) is 12.0. The number of carbonyl (C=O) groups excluding carboxylic acids is 1. The first-order valence-corrected chi connectivity index (χ1v) is 10.1. The molecule has 1 unspecified atom stereocenters. The molecule has 0 aliphatic heterocycles. The fraction of sp³-hybridized carbons (Fsp3) is 0.476. The van der Waals surface area contributed by atoms with E-state index >= 15 is 0 Å². The summed E-state index contributed by atoms with van der Waals surface area (Å²) >= 11 is 0. The molecule has 0 bridgehead atoms. The predicted octanol–water partition coefficient (Wildman–Crippen LogP) is 2.83. The molecule has 1 atom stereocenters. The third-order valence-corrected chi connectivity index (χ3v) is 4.72. The molecule has 0 aliphatic rings. The molecule has 0 N–H and O–H groups in total. The first-order chi connectivity index (χ1) is 15.0. The summed E-state index contributed by atoms with van der Waals surface area (Å²) in [5.41, 5.74) is 0.288. The van der Waals surface area contributed by atoms with Crippen LogP contribution in [0, 0.1) is 0 Å². The highest BCUT2D eigenvalue weighted by molar-refractivity contribution is 5.81. The van der Waals surface area contributed by atoms with E-state index in [1.54, 1.807) is 19.1 Å². The third kappa shape index (κ3) is 5.19. The van der Waals surface area contributed by atoms with E-state index in [0.717, 1.165) is 6.42 Å². The number of hydrogen-bond donors (Lipinski definition) is 0. The molecule has 0 spiro atoms. The van der Waals surface area contributed by atoms with E-state index in [4.69, 9.17) is 18.7 Å². The highest BCUT2D eigenvalue weighted by Crippen LogP contribution is 2.29. The summed E-state index contributed by atoms with van der Waals surface area (Å²) in [7, 11) is 3.03. The van der Waals surface area contributed by atoms with Gasteiger partial charge in [0.2, 0.25) is 0 Å². The van der Waals surface area contributed by atoms with Gasteiger partial charge in [-0.3, -0.25) is 14.2 Å². The Labute approximate surface area is 179 Å². The second-order valence-electron chi connectivity index (χ2n) is 7.00. The van der Waals surface area contributed by atoms with Gasteiger partial charge in [-0.25, -0.2) is 4.98 Å². The lowest BCUT2D eigenvalue weighted by Crippen LogP contribution is -2.21. The maximum atomic E-state index is 12.8. The maximum absolute atomic E-state index is 12.8. The van der Waals surface area contributed by atoms with Crippen LogP contribution in [0.25, 0.3) is 10.9 Å². The highest BCUT2D eigenvalue weighted by atomic mass is 16.6. The number of ether oxygens (including phenoxy) is 3. The molecular formula is C21H26N4O6. The molecule has 0 aliphatic carbocycles. The molecule has 31 heavy (non-hydrogen) atoms. The van der Waals surface area contributed by atoms with Gasteiger partial charge in [0.1, 0.15) is 0 Å². The van der Waals surface area contributed by atoms with E-state index in [9.17, 15) is 9.59 Å². The SMILES string of the molecule is CCCc1noc(C(C)OC(=O)CCCn2cnc3cc(OC)c(OC)cc3c2=O)n1. The first-order valence-electron chi connectivity index (χ1n) is 10.1. The maximum Gasteiger partial charge on any atom is 0.306 e. The lowest BCUT2D eigenvalue weighted by Gasteiger charge is -2.11. The largest absolute Gasteiger partial charge is 0.493 e. The van der Waals surface area contributed by atoms with Crippen LogP contribution in [0.3, 0.4) is 0 Å². The molecule has 3 aromatic rings. The number of aromatic nitrogens is 4. The zero-order valence-electron chi connectivity index (χ0n) is 18.1. The smallest absolute Gasteiger partial charge is 0.306 e. The minimum absolute atomic E-state index is 0.136. The molecule has 0 saturated heterocycles. The minimum atomic E-state index is -0.627. The van der Waals surface area contributed by atoms with Crippen LogP contribution in [-0.4, -0.2) is 39.9 Å². The molecule has 0 radical (unpaired) electrons. The average molecular weight is 430 g/mol. The van der Waals surface area contributed by atoms with Crippen LogP contribution in [0.1, 0.15) is 50.9 Å². The monoisotopic (exact) mass is 430 g/mol. The van der Waals surface area contributed by atoms with E-state index in [2.05, 4.69) is 15.1 Å². The molecule has 3 rings (SSSR count). The van der Waals surface area contributed by atoms with Crippen molar-refractivity contribution in [3.8, 4) is 11.5 Å². The fourth-order valence-corrected chi connectivity index (χ4v) is 3.10. The van der Waals surface area contributed by atoms with Gasteiger partial charge in [-0.15, -0.1) is 0 Å². The van der Waals surface area contributed by atoms with Gasteiger partial charge in [-0.1, -0.05) is 12.1 Å². The van der Waals surface area contributed by atoms with Gasteiger partial charge >= 0.3 is 5.97 Å². The number of benzene rings is 1. The molecule has 2 heterocycles. The van der Waals surface area contributed by atoms with E-state index in [1.165, 1.54) is 25.1 Å². The Balaban J connectivity index is 1.59. The van der Waals surface area contributed by atoms with Crippen LogP contribution in [0.15, 0.2) is 27.8 Å². The molecule has 0 amide bonds. The van der Waals surface area contributed by atoms with E-state index < -0.39 is 12.1 Å². The quantitative estimate of drug-likeness (QED) is 0.447. The van der Waals surface area contributed by atoms with Crippen molar-refractivity contribution in [3.05, 3.63) is 40.5 Å². The highest BCUT2D eigenvalue weighted by Gasteiger charge is 2.18. The number of esters is 1. The number of fused-ring (bicyclic) bond motifs is 1. The van der Waals surface area contributed by atoms with E-state index in [0.29, 0.717) is 47.6 Å². The van der Waals surface area contributed by atoms with Crippen molar-refractivity contribution >= 4 is 16.9 Å². The number of rotatable bonds is 10. The Bertz CT molecular complexity index is 1110. The number of hydrogen-bond acceptors (Lipinski definition) is 9. The summed E-state index contributed by atoms with van der Waals surface area (Å²) in [5, 5.41) is 4.27. The Morgan fingerprint density at radius 3 is 2.68 bits per heavy atom. The van der Waals surface area contributed by atoms with Crippen molar-refractivity contribution in [2.45, 2.75) is 52.2 Å². The summed E-state index contributed by atoms with van der Waals surface area (Å²) in [6, 6.07) is 3.26. The zero-order chi connectivity index (χ0) is 22.4. The van der Waals surface area contributed by atoms with Crippen molar-refractivity contribution in [2.24, 2.45) is 0 Å². The second-order valence-corrected chi connectivity index (χ2v) is 7.00. The molecule has 166 valence electrons. The van der Waals surface area contributed by atoms with Crippen molar-refractivity contribution in [2.75, 3.05) is 14.2 Å². The molecular weight excluding hydrogens is 404 g/mol. The number of nitrogens with zero attached hydrogens (tertiary/aromatic N) is 4. The van der Waals surface area contributed by atoms with Crippen LogP contribution in [0.2, 0.25) is 0 Å². The van der Waals surface area contributed by atoms with Crippen LogP contribution in [0.4, 0.5) is 0 Å². The second kappa shape index (κ2) is 10.1. The Kier molecular flexibility index (Phi) is 7.22. The van der Waals surface area contributed by atoms with Crippen molar-refractivity contribution in [1.29, 1.82) is 0 Å². The zero-order valence-corrected chi connectivity index (χ0v) is 18.1. The Morgan fingerprint density at radius 2 is 1.97 bits per heavy atom. The first kappa shape index (κ1) is 22.3. The van der Waals surface area contributed by atoms with Gasteiger partial charge in [0.15, 0.2) is 23.4 Å². The molecule has 0 saturated carbocycles. The van der Waals surface area contributed by atoms with Crippen molar-refractivity contribution in [1.82, 2.24) is 19.7 Å². The fourth-order valence-electron chi connectivity index (χ4n) is 3.10. The summed E-state index contributed by atoms with van der Waals surface area (Å²) < 4.78 is 22.4. The molecule has 1 aromatic carbocycles. The molecule has 10 heteroatoms. The number of methoxy groups -OCH3 is 2. The van der Waals surface area contributed by atoms with Gasteiger partial charge in [0.05, 0.1) is 31.4 Å². The number of aryl methyl sites for hydroxylation is 2. The van der Waals surface area contributed by atoms with Gasteiger partial charge in [0.25, 0.3) is 11.4 Å². The van der Waals surface area contributed by atoms with E-state index in [1.807, 2.05) is 6.92 Å². The van der Waals surface area contributed by atoms with Crippen molar-refractivity contribution < 1.29 is 23.5 Å². The minimum Gasteiger partial charge on any atom is -0.493 e. The predicted molar refractivity (Wildman–Crippen MR) is 111 cm³/mol. The summed E-state index contributed by atoms with van der Waals surface area (Å²) in [5.74, 6) is 1.41. The number of carbonyl (C=O) groups is 1. The van der Waals surface area contributed by atoms with Crippen LogP contribution in [-0.2, 0) is 22.5 Å². The standard InChI is InChI=1S/C21H26N4O6/c1-5-7-18-23-20(31-24-18)13(2)30-19(26)8-6-9-25-12-22-15-11-17(29-4)16(28-3)10-14(15)21(25)27/h10-13H,5-9H2,1-4H3. The van der Waals surface area contributed by atoms with Gasteiger partial charge in [-0.05, 0) is 25.8 Å². The summed E-state index contributed by atoms with van der Waals surface area (Å²) in [4.78, 5) is 33.5. The Morgan fingerprint density at radius 1 is 1.23 bits per heavy atom. The summed E-state index contributed by atoms with van der Waals surface area (Å²) in [6.45, 7) is 4.02. The molecule has 10 nitrogen and oxygen atoms in total. The molecule has 0 fully saturated rings. The lowest BCUT2D eigenvalue weighted by atomic mass is 10.2. The van der Waals surface area contributed by atoms with Gasteiger partial charge < -0.3 is 18.7 Å². The van der Waals surface area contributed by atoms with Crippen LogP contribution in [0.5, 0.6) is 11.5 Å². The topological polar surface area (TPSA) is 119 Å². The van der Waals surface area contributed by atoms with Crippen LogP contribution >= 0.6 is 0 Å². The van der Waals surface area contributed by atoms with Crippen molar-refractivity contribution in [3.63, 3.8) is 0 Å². The van der Waals surface area contributed by atoms with Gasteiger partial charge in [-0.2, -0.15) is 4.98 Å². The molecule has 2 aromatic heterocycles. The summed E-state index contributed by atoms with van der Waals surface area (Å²) in [6.07, 6.45) is 2.98. The van der Waals surface area contributed by atoms with E-state index in [-0.39, 0.29) is 17.9 Å². The average Bonchev–Trinajstić information content (AvgIpc) is 3.23.